The van der Waals surface area contributed by atoms with Gasteiger partial charge in [0.1, 0.15) is 0 Å². The Morgan fingerprint density at radius 3 is 2.81 bits per heavy atom. The summed E-state index contributed by atoms with van der Waals surface area (Å²) in [4.78, 5) is 0. The third kappa shape index (κ3) is 1.72. The molecule has 0 heterocycles. The van der Waals surface area contributed by atoms with Crippen LogP contribution in [-0.4, -0.2) is 6.04 Å². The van der Waals surface area contributed by atoms with Crippen LogP contribution in [-0.2, 0) is 0 Å². The van der Waals surface area contributed by atoms with E-state index in [0.29, 0.717) is 16.1 Å². The molecule has 1 fully saturated rings. The molecule has 16 heavy (non-hydrogen) atoms. The Labute approximate surface area is 105 Å². The molecule has 1 nitrogen and oxygen atoms in total. The quantitative estimate of drug-likeness (QED) is 0.773. The van der Waals surface area contributed by atoms with E-state index in [2.05, 4.69) is 17.5 Å². The van der Waals surface area contributed by atoms with Crippen molar-refractivity contribution in [3.8, 4) is 0 Å². The number of allylic oxidation sites excluding steroid dienone is 1. The molecule has 0 spiro atoms. The molecular weight excluding hydrogens is 241 g/mol. The Kier molecular flexibility index (Phi) is 2.61. The van der Waals surface area contributed by atoms with Crippen LogP contribution in [0.2, 0.25) is 10.0 Å². The highest BCUT2D eigenvalue weighted by Gasteiger charge is 2.40. The normalized spacial score (nSPS) is 31.0. The molecule has 1 aromatic rings. The number of benzene rings is 1. The van der Waals surface area contributed by atoms with E-state index >= 15 is 0 Å². The first-order valence-corrected chi connectivity index (χ1v) is 6.38. The number of hydrogen-bond acceptors (Lipinski definition) is 1. The van der Waals surface area contributed by atoms with Gasteiger partial charge in [-0.25, -0.2) is 0 Å². The summed E-state index contributed by atoms with van der Waals surface area (Å²) in [6.07, 6.45) is 7.15. The predicted molar refractivity (Wildman–Crippen MR) is 69.2 cm³/mol. The van der Waals surface area contributed by atoms with Gasteiger partial charge in [-0.2, -0.15) is 0 Å². The topological polar surface area (TPSA) is 12.0 Å². The van der Waals surface area contributed by atoms with Crippen LogP contribution < -0.4 is 5.32 Å². The summed E-state index contributed by atoms with van der Waals surface area (Å²) in [6, 6.07) is 6.30. The summed E-state index contributed by atoms with van der Waals surface area (Å²) >= 11 is 11.9. The van der Waals surface area contributed by atoms with Crippen LogP contribution in [0, 0.1) is 11.8 Å². The molecule has 3 heteroatoms. The van der Waals surface area contributed by atoms with Crippen molar-refractivity contribution in [1.29, 1.82) is 0 Å². The maximum absolute atomic E-state index is 5.98. The largest absolute Gasteiger partial charge is 0.382 e. The lowest BCUT2D eigenvalue weighted by molar-refractivity contribution is 0.218. The summed E-state index contributed by atoms with van der Waals surface area (Å²) in [5, 5.41) is 4.75. The van der Waals surface area contributed by atoms with E-state index in [1.54, 1.807) is 0 Å². The van der Waals surface area contributed by atoms with Crippen molar-refractivity contribution in [3.05, 3.63) is 40.4 Å². The summed E-state index contributed by atoms with van der Waals surface area (Å²) < 4.78 is 0. The molecule has 0 aliphatic heterocycles. The summed E-state index contributed by atoms with van der Waals surface area (Å²) in [7, 11) is 0. The van der Waals surface area contributed by atoms with Crippen molar-refractivity contribution in [3.63, 3.8) is 0 Å². The number of nitrogens with one attached hydrogen (secondary N) is 1. The summed E-state index contributed by atoms with van der Waals surface area (Å²) in [6.45, 7) is 0. The molecule has 1 saturated carbocycles. The van der Waals surface area contributed by atoms with Gasteiger partial charge in [0.15, 0.2) is 0 Å². The Bertz CT molecular complexity index is 442. The van der Waals surface area contributed by atoms with Gasteiger partial charge in [0.25, 0.3) is 0 Å². The molecule has 2 aliphatic rings. The van der Waals surface area contributed by atoms with E-state index in [9.17, 15) is 0 Å². The molecular formula is C13H13Cl2N. The molecule has 1 N–H and O–H groups in total. The van der Waals surface area contributed by atoms with Crippen molar-refractivity contribution >= 4 is 28.9 Å². The SMILES string of the molecule is Clc1ccc(NC2CC3CC=CC32)cc1Cl. The van der Waals surface area contributed by atoms with Crippen molar-refractivity contribution in [2.45, 2.75) is 18.9 Å². The van der Waals surface area contributed by atoms with E-state index < -0.39 is 0 Å². The van der Waals surface area contributed by atoms with Gasteiger partial charge in [0.2, 0.25) is 0 Å². The van der Waals surface area contributed by atoms with Gasteiger partial charge < -0.3 is 5.32 Å². The van der Waals surface area contributed by atoms with Gasteiger partial charge in [0.05, 0.1) is 10.0 Å². The van der Waals surface area contributed by atoms with Crippen LogP contribution in [0.1, 0.15) is 12.8 Å². The standard InChI is InChI=1S/C13H13Cl2N/c14-11-5-4-9(7-12(11)15)16-13-6-8-2-1-3-10(8)13/h1,3-5,7-8,10,13,16H,2,6H2. The smallest absolute Gasteiger partial charge is 0.0612 e. The van der Waals surface area contributed by atoms with Gasteiger partial charge in [-0.1, -0.05) is 35.4 Å². The molecule has 0 bridgehead atoms. The molecule has 84 valence electrons. The maximum Gasteiger partial charge on any atom is 0.0612 e. The molecule has 2 aliphatic carbocycles. The molecule has 3 atom stereocenters. The number of halogens is 2. The molecule has 0 aromatic heterocycles. The zero-order chi connectivity index (χ0) is 11.1. The summed E-state index contributed by atoms with van der Waals surface area (Å²) in [5.74, 6) is 1.59. The van der Waals surface area contributed by atoms with Gasteiger partial charge in [-0.3, -0.25) is 0 Å². The second-order valence-electron chi connectivity index (χ2n) is 4.62. The maximum atomic E-state index is 5.98. The zero-order valence-electron chi connectivity index (χ0n) is 8.79. The Morgan fingerprint density at radius 1 is 1.19 bits per heavy atom. The van der Waals surface area contributed by atoms with Crippen LogP contribution >= 0.6 is 23.2 Å². The Morgan fingerprint density at radius 2 is 2.06 bits per heavy atom. The number of anilines is 1. The highest BCUT2D eigenvalue weighted by Crippen LogP contribution is 2.44. The first-order chi connectivity index (χ1) is 7.74. The molecule has 3 unspecified atom stereocenters. The van der Waals surface area contributed by atoms with Crippen LogP contribution in [0.5, 0.6) is 0 Å². The minimum Gasteiger partial charge on any atom is -0.382 e. The van der Waals surface area contributed by atoms with Crippen LogP contribution in [0.3, 0.4) is 0 Å². The fourth-order valence-corrected chi connectivity index (χ4v) is 2.98. The van der Waals surface area contributed by atoms with Gasteiger partial charge >= 0.3 is 0 Å². The molecule has 0 radical (unpaired) electrons. The Hall–Kier alpha value is -0.660. The average molecular weight is 254 g/mol. The predicted octanol–water partition coefficient (Wildman–Crippen LogP) is 4.37. The molecule has 0 saturated heterocycles. The lowest BCUT2D eigenvalue weighted by Gasteiger charge is -2.41. The van der Waals surface area contributed by atoms with E-state index in [4.69, 9.17) is 23.2 Å². The lowest BCUT2D eigenvalue weighted by atomic mass is 9.71. The van der Waals surface area contributed by atoms with Crippen molar-refractivity contribution in [2.24, 2.45) is 11.8 Å². The average Bonchev–Trinajstić information content (AvgIpc) is 2.61. The second-order valence-corrected chi connectivity index (χ2v) is 5.43. The third-order valence-electron chi connectivity index (χ3n) is 3.63. The van der Waals surface area contributed by atoms with E-state index in [1.807, 2.05) is 18.2 Å². The summed E-state index contributed by atoms with van der Waals surface area (Å²) in [5.41, 5.74) is 1.07. The monoisotopic (exact) mass is 253 g/mol. The molecule has 0 amide bonds. The van der Waals surface area contributed by atoms with Gasteiger partial charge in [-0.05, 0) is 37.0 Å². The first kappa shape index (κ1) is 10.5. The number of fused-ring (bicyclic) bond motifs is 1. The van der Waals surface area contributed by atoms with Crippen LogP contribution in [0.15, 0.2) is 30.4 Å². The molecule has 1 aromatic carbocycles. The van der Waals surface area contributed by atoms with Crippen molar-refractivity contribution in [2.75, 3.05) is 5.32 Å². The number of hydrogen-bond donors (Lipinski definition) is 1. The highest BCUT2D eigenvalue weighted by molar-refractivity contribution is 6.42. The Balaban J connectivity index is 1.70. The lowest BCUT2D eigenvalue weighted by Crippen LogP contribution is -2.43. The fourth-order valence-electron chi connectivity index (χ4n) is 2.68. The fraction of sp³-hybridized carbons (Fsp3) is 0.385. The molecule has 3 rings (SSSR count). The minimum absolute atomic E-state index is 0.570. The van der Waals surface area contributed by atoms with E-state index in [0.717, 1.165) is 17.5 Å². The minimum atomic E-state index is 0.570. The van der Waals surface area contributed by atoms with Gasteiger partial charge in [-0.15, -0.1) is 0 Å². The zero-order valence-corrected chi connectivity index (χ0v) is 10.3. The van der Waals surface area contributed by atoms with E-state index in [1.165, 1.54) is 12.8 Å². The van der Waals surface area contributed by atoms with Gasteiger partial charge in [0, 0.05) is 17.6 Å². The highest BCUT2D eigenvalue weighted by atomic mass is 35.5. The van der Waals surface area contributed by atoms with E-state index in [-0.39, 0.29) is 0 Å². The number of rotatable bonds is 2. The first-order valence-electron chi connectivity index (χ1n) is 5.62. The third-order valence-corrected chi connectivity index (χ3v) is 4.37. The second kappa shape index (κ2) is 3.97. The van der Waals surface area contributed by atoms with Crippen LogP contribution in [0.25, 0.3) is 0 Å². The van der Waals surface area contributed by atoms with Crippen molar-refractivity contribution in [1.82, 2.24) is 0 Å². The van der Waals surface area contributed by atoms with Crippen molar-refractivity contribution < 1.29 is 0 Å². The van der Waals surface area contributed by atoms with Crippen LogP contribution in [0.4, 0.5) is 5.69 Å².